The van der Waals surface area contributed by atoms with Crippen molar-refractivity contribution in [3.63, 3.8) is 0 Å². The van der Waals surface area contributed by atoms with Gasteiger partial charge in [-0.15, -0.1) is 22.0 Å². The molecule has 1 aliphatic heterocycles. The minimum atomic E-state index is -0.589. The number of carbonyl (C=O) groups is 2. The van der Waals surface area contributed by atoms with Crippen molar-refractivity contribution in [1.29, 1.82) is 0 Å². The van der Waals surface area contributed by atoms with E-state index in [9.17, 15) is 14.0 Å². The number of tetrazole rings is 1. The molecule has 0 bridgehead atoms. The molecule has 0 amide bonds. The standard InChI is InChI=1S/C26H21ClFN5O3S/c1-33-31-25(30-32-33)24-18(10-16(27)11-19(24)28)14-2-3-17-15(13-37-22(17)8-14)9-23(35)26(5-6-26)12-20(34)21-4-7-29-36-21/h2-4,7-8,10-11,15H,5-6,9,12-13H2,1H3. The molecule has 188 valence electrons. The maximum absolute atomic E-state index is 15.0. The molecule has 1 fully saturated rings. The lowest BCUT2D eigenvalue weighted by Crippen LogP contribution is -2.22. The lowest BCUT2D eigenvalue weighted by molar-refractivity contribution is -0.124. The van der Waals surface area contributed by atoms with Crippen LogP contribution in [0.1, 0.15) is 47.7 Å². The first-order valence-electron chi connectivity index (χ1n) is 11.8. The zero-order valence-corrected chi connectivity index (χ0v) is 21.4. The second kappa shape index (κ2) is 9.18. The minimum Gasteiger partial charge on any atom is -0.353 e. The van der Waals surface area contributed by atoms with E-state index in [-0.39, 0.29) is 46.1 Å². The van der Waals surface area contributed by atoms with Crippen molar-refractivity contribution in [3.05, 3.63) is 64.8 Å². The van der Waals surface area contributed by atoms with Gasteiger partial charge in [-0.05, 0) is 52.9 Å². The van der Waals surface area contributed by atoms with E-state index in [0.717, 1.165) is 34.6 Å². The average Bonchev–Trinajstić information content (AvgIpc) is 3.24. The van der Waals surface area contributed by atoms with Crippen LogP contribution in [-0.4, -0.2) is 42.7 Å². The largest absolute Gasteiger partial charge is 0.353 e. The molecule has 6 rings (SSSR count). The number of aryl methyl sites for hydroxylation is 1. The zero-order chi connectivity index (χ0) is 25.7. The van der Waals surface area contributed by atoms with Crippen LogP contribution in [0.25, 0.3) is 22.5 Å². The van der Waals surface area contributed by atoms with Crippen LogP contribution in [0.2, 0.25) is 5.02 Å². The number of nitrogens with zero attached hydrogens (tertiary/aromatic N) is 5. The number of hydrogen-bond donors (Lipinski definition) is 0. The summed E-state index contributed by atoms with van der Waals surface area (Å²) in [4.78, 5) is 28.1. The van der Waals surface area contributed by atoms with Gasteiger partial charge in [0.05, 0.1) is 18.8 Å². The number of carbonyl (C=O) groups excluding carboxylic acids is 2. The normalized spacial score (nSPS) is 17.5. The van der Waals surface area contributed by atoms with Gasteiger partial charge in [0.2, 0.25) is 17.4 Å². The third-order valence-corrected chi connectivity index (χ3v) is 8.53. The number of hydrogen-bond acceptors (Lipinski definition) is 8. The van der Waals surface area contributed by atoms with Crippen molar-refractivity contribution in [2.45, 2.75) is 36.5 Å². The van der Waals surface area contributed by atoms with E-state index in [2.05, 4.69) is 20.6 Å². The van der Waals surface area contributed by atoms with Crippen molar-refractivity contribution in [2.24, 2.45) is 12.5 Å². The van der Waals surface area contributed by atoms with Crippen molar-refractivity contribution in [3.8, 4) is 22.5 Å². The third kappa shape index (κ3) is 4.48. The van der Waals surface area contributed by atoms with Crippen LogP contribution in [0.3, 0.4) is 0 Å². The van der Waals surface area contributed by atoms with Gasteiger partial charge in [-0.2, -0.15) is 4.80 Å². The molecule has 11 heteroatoms. The SMILES string of the molecule is Cn1nnc(-c2c(F)cc(Cl)cc2-c2ccc3c(c2)SCC3CC(=O)C2(CC(=O)c3ccno3)CC2)n1. The van der Waals surface area contributed by atoms with E-state index in [1.54, 1.807) is 24.9 Å². The molecular weight excluding hydrogens is 517 g/mol. The Hall–Kier alpha value is -3.37. The molecule has 37 heavy (non-hydrogen) atoms. The first-order valence-corrected chi connectivity index (χ1v) is 13.2. The van der Waals surface area contributed by atoms with Crippen molar-refractivity contribution >= 4 is 34.9 Å². The zero-order valence-electron chi connectivity index (χ0n) is 19.8. The fourth-order valence-corrected chi connectivity index (χ4v) is 6.42. The molecule has 4 aromatic rings. The molecule has 3 heterocycles. The molecule has 1 unspecified atom stereocenters. The Morgan fingerprint density at radius 1 is 1.24 bits per heavy atom. The molecule has 1 saturated carbocycles. The predicted molar refractivity (Wildman–Crippen MR) is 135 cm³/mol. The number of rotatable bonds is 8. The Morgan fingerprint density at radius 3 is 2.78 bits per heavy atom. The molecule has 0 saturated heterocycles. The number of thioether (sulfide) groups is 1. The highest BCUT2D eigenvalue weighted by Gasteiger charge is 2.51. The highest BCUT2D eigenvalue weighted by atomic mass is 35.5. The van der Waals surface area contributed by atoms with Gasteiger partial charge in [-0.25, -0.2) is 4.39 Å². The summed E-state index contributed by atoms with van der Waals surface area (Å²) in [5.74, 6) is 0.601. The van der Waals surface area contributed by atoms with Crippen LogP contribution < -0.4 is 0 Å². The number of ketones is 2. The highest BCUT2D eigenvalue weighted by molar-refractivity contribution is 7.99. The van der Waals surface area contributed by atoms with Crippen molar-refractivity contribution in [1.82, 2.24) is 25.4 Å². The summed E-state index contributed by atoms with van der Waals surface area (Å²) in [6.45, 7) is 0. The summed E-state index contributed by atoms with van der Waals surface area (Å²) in [5.41, 5.74) is 2.08. The number of halogens is 2. The Bertz CT molecular complexity index is 1530. The Morgan fingerprint density at radius 2 is 2.08 bits per heavy atom. The topological polar surface area (TPSA) is 104 Å². The van der Waals surface area contributed by atoms with Gasteiger partial charge in [0.15, 0.2) is 0 Å². The maximum Gasteiger partial charge on any atom is 0.208 e. The second-order valence-corrected chi connectivity index (χ2v) is 11.1. The monoisotopic (exact) mass is 537 g/mol. The number of Topliss-reactive ketones (excluding diaryl/α,β-unsaturated/α-hetero) is 2. The lowest BCUT2D eigenvalue weighted by Gasteiger charge is -2.16. The van der Waals surface area contributed by atoms with Gasteiger partial charge >= 0.3 is 0 Å². The highest BCUT2D eigenvalue weighted by Crippen LogP contribution is 2.53. The molecule has 1 atom stereocenters. The van der Waals surface area contributed by atoms with Gasteiger partial charge in [-0.3, -0.25) is 9.59 Å². The molecule has 2 aliphatic rings. The summed E-state index contributed by atoms with van der Waals surface area (Å²) in [6, 6.07) is 10.4. The van der Waals surface area contributed by atoms with Crippen molar-refractivity contribution < 1.29 is 18.5 Å². The molecule has 8 nitrogen and oxygen atoms in total. The van der Waals surface area contributed by atoms with Crippen LogP contribution in [0, 0.1) is 11.2 Å². The van der Waals surface area contributed by atoms with Crippen LogP contribution in [0.5, 0.6) is 0 Å². The predicted octanol–water partition coefficient (Wildman–Crippen LogP) is 5.53. The van der Waals surface area contributed by atoms with E-state index in [4.69, 9.17) is 16.1 Å². The first-order chi connectivity index (χ1) is 17.8. The molecule has 1 aliphatic carbocycles. The fraction of sp³-hybridized carbons (Fsp3) is 0.308. The van der Waals surface area contributed by atoms with Crippen LogP contribution >= 0.6 is 23.4 Å². The number of benzene rings is 2. The fourth-order valence-electron chi connectivity index (χ4n) is 4.93. The van der Waals surface area contributed by atoms with E-state index >= 15 is 0 Å². The summed E-state index contributed by atoms with van der Waals surface area (Å²) < 4.78 is 20.0. The molecule has 2 aromatic carbocycles. The number of fused-ring (bicyclic) bond motifs is 1. The van der Waals surface area contributed by atoms with Gasteiger partial charge in [0, 0.05) is 45.9 Å². The minimum absolute atomic E-state index is 0.0524. The lowest BCUT2D eigenvalue weighted by atomic mass is 9.85. The van der Waals surface area contributed by atoms with E-state index in [1.165, 1.54) is 23.1 Å². The van der Waals surface area contributed by atoms with Gasteiger partial charge in [0.1, 0.15) is 11.6 Å². The average molecular weight is 538 g/mol. The van der Waals surface area contributed by atoms with Crippen LogP contribution in [0.15, 0.2) is 52.0 Å². The van der Waals surface area contributed by atoms with E-state index in [1.807, 2.05) is 18.2 Å². The summed E-state index contributed by atoms with van der Waals surface area (Å²) in [6.07, 6.45) is 3.41. The van der Waals surface area contributed by atoms with Gasteiger partial charge in [-0.1, -0.05) is 28.9 Å². The smallest absolute Gasteiger partial charge is 0.208 e. The van der Waals surface area contributed by atoms with E-state index < -0.39 is 11.2 Å². The number of aromatic nitrogens is 5. The maximum atomic E-state index is 15.0. The molecule has 2 aromatic heterocycles. The molecule has 0 spiro atoms. The quantitative estimate of drug-likeness (QED) is 0.270. The Balaban J connectivity index is 1.24. The molecule has 0 N–H and O–H groups in total. The third-order valence-electron chi connectivity index (χ3n) is 7.08. The van der Waals surface area contributed by atoms with E-state index in [0.29, 0.717) is 12.0 Å². The summed E-state index contributed by atoms with van der Waals surface area (Å²) in [7, 11) is 1.62. The van der Waals surface area contributed by atoms with Crippen molar-refractivity contribution in [2.75, 3.05) is 5.75 Å². The molecular formula is C26H21ClFN5O3S. The van der Waals surface area contributed by atoms with Crippen LogP contribution in [-0.2, 0) is 11.8 Å². The molecule has 0 radical (unpaired) electrons. The van der Waals surface area contributed by atoms with Gasteiger partial charge < -0.3 is 4.52 Å². The Labute approximate surface area is 220 Å². The Kier molecular flexibility index (Phi) is 5.95. The summed E-state index contributed by atoms with van der Waals surface area (Å²) in [5, 5.41) is 15.9. The second-order valence-electron chi connectivity index (χ2n) is 9.56. The first kappa shape index (κ1) is 24.0. The van der Waals surface area contributed by atoms with Gasteiger partial charge in [0.25, 0.3) is 0 Å². The van der Waals surface area contributed by atoms with Crippen LogP contribution in [0.4, 0.5) is 4.39 Å². The summed E-state index contributed by atoms with van der Waals surface area (Å²) >= 11 is 7.87.